The fraction of sp³-hybridized carbons (Fsp3) is 0.333. The van der Waals surface area contributed by atoms with E-state index in [1.807, 2.05) is 31.2 Å². The van der Waals surface area contributed by atoms with Crippen LogP contribution in [0.4, 0.5) is 4.39 Å². The molecule has 2 aromatic rings. The van der Waals surface area contributed by atoms with E-state index in [9.17, 15) is 4.39 Å². The molecule has 0 aliphatic rings. The van der Waals surface area contributed by atoms with Crippen LogP contribution in [0.1, 0.15) is 18.1 Å². The van der Waals surface area contributed by atoms with E-state index < -0.39 is 0 Å². The summed E-state index contributed by atoms with van der Waals surface area (Å²) in [4.78, 5) is 0. The zero-order valence-corrected chi connectivity index (χ0v) is 15.0. The summed E-state index contributed by atoms with van der Waals surface area (Å²) in [5.41, 5.74) is 1.89. The zero-order chi connectivity index (χ0) is 16.7. The number of benzene rings is 2. The summed E-state index contributed by atoms with van der Waals surface area (Å²) < 4.78 is 25.4. The fourth-order valence-electron chi connectivity index (χ4n) is 2.40. The Bertz CT molecular complexity index is 649. The maximum absolute atomic E-state index is 13.6. The van der Waals surface area contributed by atoms with Gasteiger partial charge in [-0.3, -0.25) is 0 Å². The van der Waals surface area contributed by atoms with Gasteiger partial charge >= 0.3 is 0 Å². The van der Waals surface area contributed by atoms with Gasteiger partial charge in [-0.25, -0.2) is 4.39 Å². The number of halogens is 2. The Kier molecular flexibility index (Phi) is 6.86. The molecule has 0 amide bonds. The van der Waals surface area contributed by atoms with E-state index in [1.165, 1.54) is 6.07 Å². The fourth-order valence-corrected chi connectivity index (χ4v) is 3.01. The van der Waals surface area contributed by atoms with Crippen LogP contribution in [0.25, 0.3) is 0 Å². The van der Waals surface area contributed by atoms with Crippen molar-refractivity contribution < 1.29 is 19.2 Å². The van der Waals surface area contributed by atoms with Crippen LogP contribution in [0.15, 0.2) is 40.9 Å². The monoisotopic (exact) mass is 382 g/mol. The van der Waals surface area contributed by atoms with E-state index in [0.29, 0.717) is 13.0 Å². The summed E-state index contributed by atoms with van der Waals surface area (Å²) in [6.45, 7) is 4.16. The van der Waals surface area contributed by atoms with Crippen LogP contribution in [0.3, 0.4) is 0 Å². The molecular formula is C18H22BrFNO2+. The second-order valence-electron chi connectivity index (χ2n) is 5.16. The molecule has 0 aromatic heterocycles. The SMILES string of the molecule is CCOc1c(Br)cc(C[NH2+]CCc2ccccc2F)cc1OC. The van der Waals surface area contributed by atoms with Crippen molar-refractivity contribution in [1.29, 1.82) is 0 Å². The van der Waals surface area contributed by atoms with Gasteiger partial charge in [-0.1, -0.05) is 18.2 Å². The summed E-state index contributed by atoms with van der Waals surface area (Å²) in [7, 11) is 1.63. The molecule has 0 aliphatic heterocycles. The van der Waals surface area contributed by atoms with Gasteiger partial charge in [0.1, 0.15) is 12.4 Å². The average Bonchev–Trinajstić information content (AvgIpc) is 2.55. The minimum atomic E-state index is -0.133. The van der Waals surface area contributed by atoms with Crippen LogP contribution in [0.5, 0.6) is 11.5 Å². The zero-order valence-electron chi connectivity index (χ0n) is 13.4. The summed E-state index contributed by atoms with van der Waals surface area (Å²) in [6, 6.07) is 10.9. The maximum atomic E-state index is 13.6. The molecule has 0 aliphatic carbocycles. The van der Waals surface area contributed by atoms with Gasteiger partial charge in [-0.05, 0) is 46.6 Å². The number of nitrogens with two attached hydrogens (primary N) is 1. The first-order valence-electron chi connectivity index (χ1n) is 7.70. The Morgan fingerprint density at radius 1 is 1.22 bits per heavy atom. The molecule has 3 nitrogen and oxygen atoms in total. The highest BCUT2D eigenvalue weighted by Gasteiger charge is 2.12. The van der Waals surface area contributed by atoms with E-state index in [1.54, 1.807) is 13.2 Å². The van der Waals surface area contributed by atoms with Crippen molar-refractivity contribution in [3.8, 4) is 11.5 Å². The third kappa shape index (κ3) is 4.94. The standard InChI is InChI=1S/C18H21BrFNO2/c1-3-23-18-15(19)10-13(11-17(18)22-2)12-21-9-8-14-6-4-5-7-16(14)20/h4-7,10-11,21H,3,8-9,12H2,1-2H3/p+1. The van der Waals surface area contributed by atoms with Crippen LogP contribution in [0.2, 0.25) is 0 Å². The lowest BCUT2D eigenvalue weighted by Crippen LogP contribution is -2.83. The second kappa shape index (κ2) is 8.89. The van der Waals surface area contributed by atoms with Crippen molar-refractivity contribution in [2.45, 2.75) is 19.9 Å². The van der Waals surface area contributed by atoms with Crippen LogP contribution < -0.4 is 14.8 Å². The van der Waals surface area contributed by atoms with E-state index in [-0.39, 0.29) is 5.82 Å². The Hall–Kier alpha value is -1.59. The lowest BCUT2D eigenvalue weighted by molar-refractivity contribution is -0.670. The Morgan fingerprint density at radius 3 is 2.70 bits per heavy atom. The maximum Gasteiger partial charge on any atom is 0.175 e. The lowest BCUT2D eigenvalue weighted by atomic mass is 10.1. The third-order valence-electron chi connectivity index (χ3n) is 3.53. The third-order valence-corrected chi connectivity index (χ3v) is 4.12. The molecule has 0 unspecified atom stereocenters. The molecule has 23 heavy (non-hydrogen) atoms. The molecule has 124 valence electrons. The summed E-state index contributed by atoms with van der Waals surface area (Å²) in [5, 5.41) is 2.16. The van der Waals surface area contributed by atoms with Crippen LogP contribution in [0, 0.1) is 5.82 Å². The van der Waals surface area contributed by atoms with Crippen LogP contribution in [-0.2, 0) is 13.0 Å². The predicted molar refractivity (Wildman–Crippen MR) is 92.5 cm³/mol. The molecule has 2 rings (SSSR count). The van der Waals surface area contributed by atoms with Gasteiger partial charge in [-0.15, -0.1) is 0 Å². The van der Waals surface area contributed by atoms with Crippen molar-refractivity contribution in [1.82, 2.24) is 0 Å². The summed E-state index contributed by atoms with van der Waals surface area (Å²) in [5.74, 6) is 1.32. The normalized spacial score (nSPS) is 10.6. The quantitative estimate of drug-likeness (QED) is 0.710. The predicted octanol–water partition coefficient (Wildman–Crippen LogP) is 3.30. The highest BCUT2D eigenvalue weighted by molar-refractivity contribution is 9.10. The second-order valence-corrected chi connectivity index (χ2v) is 6.02. The van der Waals surface area contributed by atoms with Gasteiger partial charge in [0, 0.05) is 12.0 Å². The van der Waals surface area contributed by atoms with Gasteiger partial charge < -0.3 is 14.8 Å². The minimum Gasteiger partial charge on any atom is -0.493 e. The largest absolute Gasteiger partial charge is 0.493 e. The molecule has 0 saturated heterocycles. The first kappa shape index (κ1) is 17.8. The number of hydrogen-bond acceptors (Lipinski definition) is 2. The molecule has 0 bridgehead atoms. The van der Waals surface area contributed by atoms with Gasteiger partial charge in [0.2, 0.25) is 0 Å². The molecule has 2 aromatic carbocycles. The smallest absolute Gasteiger partial charge is 0.175 e. The first-order valence-corrected chi connectivity index (χ1v) is 8.49. The number of methoxy groups -OCH3 is 1. The number of quaternary nitrogens is 1. The van der Waals surface area contributed by atoms with E-state index >= 15 is 0 Å². The molecule has 0 saturated carbocycles. The molecule has 0 atom stereocenters. The highest BCUT2D eigenvalue weighted by Crippen LogP contribution is 2.36. The van der Waals surface area contributed by atoms with Crippen molar-refractivity contribution in [3.05, 3.63) is 57.8 Å². The Labute approximate surface area is 144 Å². The molecule has 0 radical (unpaired) electrons. The van der Waals surface area contributed by atoms with Crippen molar-refractivity contribution in [3.63, 3.8) is 0 Å². The lowest BCUT2D eigenvalue weighted by Gasteiger charge is -2.13. The summed E-state index contributed by atoms with van der Waals surface area (Å²) in [6.07, 6.45) is 0.710. The Balaban J connectivity index is 1.93. The molecule has 2 N–H and O–H groups in total. The highest BCUT2D eigenvalue weighted by atomic mass is 79.9. The van der Waals surface area contributed by atoms with E-state index in [0.717, 1.165) is 40.2 Å². The number of rotatable bonds is 8. The van der Waals surface area contributed by atoms with E-state index in [4.69, 9.17) is 9.47 Å². The van der Waals surface area contributed by atoms with Crippen molar-refractivity contribution in [2.24, 2.45) is 0 Å². The topological polar surface area (TPSA) is 35.1 Å². The van der Waals surface area contributed by atoms with Gasteiger partial charge in [0.05, 0.1) is 24.7 Å². The van der Waals surface area contributed by atoms with Crippen molar-refractivity contribution in [2.75, 3.05) is 20.3 Å². The summed E-state index contributed by atoms with van der Waals surface area (Å²) >= 11 is 3.53. The van der Waals surface area contributed by atoms with Crippen LogP contribution in [-0.4, -0.2) is 20.3 Å². The van der Waals surface area contributed by atoms with Gasteiger partial charge in [0.25, 0.3) is 0 Å². The number of hydrogen-bond donors (Lipinski definition) is 1. The van der Waals surface area contributed by atoms with Crippen LogP contribution >= 0.6 is 15.9 Å². The molecule has 5 heteroatoms. The Morgan fingerprint density at radius 2 is 2.00 bits per heavy atom. The number of ether oxygens (including phenoxy) is 2. The average molecular weight is 383 g/mol. The minimum absolute atomic E-state index is 0.133. The molecule has 0 spiro atoms. The van der Waals surface area contributed by atoms with Gasteiger partial charge in [-0.2, -0.15) is 0 Å². The first-order chi connectivity index (χ1) is 11.2. The van der Waals surface area contributed by atoms with Gasteiger partial charge in [0.15, 0.2) is 11.5 Å². The van der Waals surface area contributed by atoms with Crippen molar-refractivity contribution >= 4 is 15.9 Å². The molecule has 0 fully saturated rings. The molecule has 0 heterocycles. The van der Waals surface area contributed by atoms with E-state index in [2.05, 4.69) is 21.2 Å². The molecular weight excluding hydrogens is 361 g/mol.